The Kier molecular flexibility index (Phi) is 4.69. The summed E-state index contributed by atoms with van der Waals surface area (Å²) in [5.74, 6) is 1.37. The Morgan fingerprint density at radius 1 is 1.29 bits per heavy atom. The van der Waals surface area contributed by atoms with Crippen molar-refractivity contribution in [3.05, 3.63) is 0 Å². The molecule has 0 radical (unpaired) electrons. The van der Waals surface area contributed by atoms with Crippen molar-refractivity contribution in [3.63, 3.8) is 0 Å². The molecule has 3 heterocycles. The van der Waals surface area contributed by atoms with E-state index in [9.17, 15) is 0 Å². The van der Waals surface area contributed by atoms with Gasteiger partial charge in [-0.05, 0) is 51.4 Å². The maximum atomic E-state index is 6.22. The van der Waals surface area contributed by atoms with Gasteiger partial charge in [0.05, 0.1) is 0 Å². The van der Waals surface area contributed by atoms with E-state index in [0.29, 0.717) is 12.5 Å². The molecule has 0 saturated carbocycles. The summed E-state index contributed by atoms with van der Waals surface area (Å²) in [5.41, 5.74) is -0.0515. The molecule has 5 heteroatoms. The Morgan fingerprint density at radius 2 is 2.10 bits per heavy atom. The third kappa shape index (κ3) is 3.51. The third-order valence-electron chi connectivity index (χ3n) is 5.23. The lowest BCUT2D eigenvalue weighted by atomic mass is 9.78. The van der Waals surface area contributed by atoms with E-state index in [0.717, 1.165) is 25.5 Å². The van der Waals surface area contributed by atoms with Crippen molar-refractivity contribution >= 4 is 5.90 Å². The molecule has 3 aliphatic rings. The zero-order chi connectivity index (χ0) is 14.7. The lowest BCUT2D eigenvalue weighted by Crippen LogP contribution is -2.46. The zero-order valence-corrected chi connectivity index (χ0v) is 13.4. The van der Waals surface area contributed by atoms with Gasteiger partial charge in [-0.1, -0.05) is 25.4 Å². The summed E-state index contributed by atoms with van der Waals surface area (Å²) in [6, 6.07) is 0. The van der Waals surface area contributed by atoms with E-state index in [1.165, 1.54) is 38.8 Å². The van der Waals surface area contributed by atoms with Crippen molar-refractivity contribution < 1.29 is 9.57 Å². The highest BCUT2D eigenvalue weighted by molar-refractivity contribution is 5.82. The molecular formula is C16H29N3O2. The van der Waals surface area contributed by atoms with Crippen molar-refractivity contribution in [2.45, 2.75) is 45.6 Å². The molecule has 3 rings (SSSR count). The van der Waals surface area contributed by atoms with Crippen LogP contribution < -0.4 is 5.32 Å². The van der Waals surface area contributed by atoms with Gasteiger partial charge in [0.15, 0.2) is 6.61 Å². The maximum Gasteiger partial charge on any atom is 0.232 e. The second kappa shape index (κ2) is 6.53. The standard InChI is InChI=1S/C16H29N3O2/c1-16(2,13-6-7-17-10-13)15-18-20-12-14(21-15)11-19-8-4-3-5-9-19/h13-14,17H,3-12H2,1-2H3. The number of nitrogens with one attached hydrogen (secondary N) is 1. The third-order valence-corrected chi connectivity index (χ3v) is 5.23. The molecule has 0 aromatic rings. The predicted octanol–water partition coefficient (Wildman–Crippen LogP) is 1.84. The lowest BCUT2D eigenvalue weighted by Gasteiger charge is -2.37. The summed E-state index contributed by atoms with van der Waals surface area (Å²) in [6.45, 7) is 10.6. The number of hydrogen-bond donors (Lipinski definition) is 1. The molecule has 0 bridgehead atoms. The number of rotatable bonds is 4. The molecule has 0 amide bonds. The van der Waals surface area contributed by atoms with E-state index in [-0.39, 0.29) is 11.5 Å². The van der Waals surface area contributed by atoms with Gasteiger partial charge in [-0.2, -0.15) is 0 Å². The molecule has 3 aliphatic heterocycles. The topological polar surface area (TPSA) is 46.1 Å². The fourth-order valence-electron chi connectivity index (χ4n) is 3.63. The van der Waals surface area contributed by atoms with Crippen LogP contribution in [0.15, 0.2) is 5.16 Å². The van der Waals surface area contributed by atoms with E-state index >= 15 is 0 Å². The molecule has 120 valence electrons. The van der Waals surface area contributed by atoms with Gasteiger partial charge in [0.1, 0.15) is 6.10 Å². The van der Waals surface area contributed by atoms with Crippen LogP contribution in [-0.2, 0) is 9.57 Å². The van der Waals surface area contributed by atoms with E-state index < -0.39 is 0 Å². The fourth-order valence-corrected chi connectivity index (χ4v) is 3.63. The van der Waals surface area contributed by atoms with Crippen LogP contribution in [0.5, 0.6) is 0 Å². The van der Waals surface area contributed by atoms with E-state index in [4.69, 9.17) is 9.57 Å². The summed E-state index contributed by atoms with van der Waals surface area (Å²) in [7, 11) is 0. The summed E-state index contributed by atoms with van der Waals surface area (Å²) in [6.07, 6.45) is 5.31. The summed E-state index contributed by atoms with van der Waals surface area (Å²) in [5, 5.41) is 7.67. The van der Waals surface area contributed by atoms with Crippen molar-refractivity contribution in [2.75, 3.05) is 39.3 Å². The fraction of sp³-hybridized carbons (Fsp3) is 0.938. The van der Waals surface area contributed by atoms with Crippen LogP contribution in [0.3, 0.4) is 0 Å². The zero-order valence-electron chi connectivity index (χ0n) is 13.4. The van der Waals surface area contributed by atoms with Crippen LogP contribution in [-0.4, -0.2) is 56.2 Å². The van der Waals surface area contributed by atoms with Gasteiger partial charge in [0.2, 0.25) is 5.90 Å². The molecule has 0 spiro atoms. The Hall–Kier alpha value is -0.810. The molecule has 0 aliphatic carbocycles. The first-order chi connectivity index (χ1) is 10.2. The van der Waals surface area contributed by atoms with E-state index in [2.05, 4.69) is 29.2 Å². The van der Waals surface area contributed by atoms with Crippen LogP contribution in [0.1, 0.15) is 39.5 Å². The first-order valence-electron chi connectivity index (χ1n) is 8.46. The van der Waals surface area contributed by atoms with E-state index in [1.54, 1.807) is 0 Å². The summed E-state index contributed by atoms with van der Waals surface area (Å²) < 4.78 is 6.22. The Balaban J connectivity index is 1.57. The smallest absolute Gasteiger partial charge is 0.232 e. The minimum atomic E-state index is -0.0515. The average Bonchev–Trinajstić information content (AvgIpc) is 3.04. The largest absolute Gasteiger partial charge is 0.470 e. The normalized spacial score (nSPS) is 31.4. The van der Waals surface area contributed by atoms with Gasteiger partial charge >= 0.3 is 0 Å². The highest BCUT2D eigenvalue weighted by atomic mass is 16.7. The molecule has 2 fully saturated rings. The average molecular weight is 295 g/mol. The van der Waals surface area contributed by atoms with Gasteiger partial charge in [0.25, 0.3) is 0 Å². The van der Waals surface area contributed by atoms with Crippen molar-refractivity contribution in [2.24, 2.45) is 16.5 Å². The minimum absolute atomic E-state index is 0.0515. The Labute approximate surface area is 128 Å². The number of oxime groups is 1. The molecule has 2 saturated heterocycles. The quantitative estimate of drug-likeness (QED) is 0.859. The minimum Gasteiger partial charge on any atom is -0.470 e. The molecule has 2 unspecified atom stereocenters. The van der Waals surface area contributed by atoms with Gasteiger partial charge in [-0.3, -0.25) is 4.90 Å². The summed E-state index contributed by atoms with van der Waals surface area (Å²) in [4.78, 5) is 8.00. The number of likely N-dealkylation sites (tertiary alicyclic amines) is 1. The Bertz CT molecular complexity index is 372. The van der Waals surface area contributed by atoms with Crippen LogP contribution in [0.25, 0.3) is 0 Å². The van der Waals surface area contributed by atoms with Crippen LogP contribution in [0.2, 0.25) is 0 Å². The SMILES string of the molecule is CC(C)(C1=NOCC(CN2CCCCC2)O1)C1CCNC1. The van der Waals surface area contributed by atoms with Gasteiger partial charge in [-0.25, -0.2) is 0 Å². The van der Waals surface area contributed by atoms with Crippen LogP contribution in [0.4, 0.5) is 0 Å². The number of nitrogens with zero attached hydrogens (tertiary/aromatic N) is 2. The Morgan fingerprint density at radius 3 is 2.81 bits per heavy atom. The second-order valence-electron chi connectivity index (χ2n) is 7.20. The molecule has 0 aromatic heterocycles. The van der Waals surface area contributed by atoms with Crippen LogP contribution >= 0.6 is 0 Å². The van der Waals surface area contributed by atoms with Gasteiger partial charge in [0, 0.05) is 12.0 Å². The van der Waals surface area contributed by atoms with E-state index in [1.807, 2.05) is 0 Å². The molecule has 5 nitrogen and oxygen atoms in total. The number of hydrogen-bond acceptors (Lipinski definition) is 5. The molecular weight excluding hydrogens is 266 g/mol. The molecule has 0 aromatic carbocycles. The van der Waals surface area contributed by atoms with Crippen molar-refractivity contribution in [1.82, 2.24) is 10.2 Å². The molecule has 21 heavy (non-hydrogen) atoms. The van der Waals surface area contributed by atoms with Gasteiger partial charge in [-0.15, -0.1) is 0 Å². The highest BCUT2D eigenvalue weighted by Gasteiger charge is 2.41. The summed E-state index contributed by atoms with van der Waals surface area (Å²) >= 11 is 0. The lowest BCUT2D eigenvalue weighted by molar-refractivity contribution is -0.0230. The van der Waals surface area contributed by atoms with Gasteiger partial charge < -0.3 is 14.9 Å². The van der Waals surface area contributed by atoms with Crippen molar-refractivity contribution in [3.8, 4) is 0 Å². The maximum absolute atomic E-state index is 6.22. The van der Waals surface area contributed by atoms with Crippen molar-refractivity contribution in [1.29, 1.82) is 0 Å². The highest BCUT2D eigenvalue weighted by Crippen LogP contribution is 2.35. The first kappa shape index (κ1) is 15.1. The number of ether oxygens (including phenoxy) is 1. The molecule has 2 atom stereocenters. The van der Waals surface area contributed by atoms with Crippen LogP contribution in [0, 0.1) is 11.3 Å². The monoisotopic (exact) mass is 295 g/mol. The second-order valence-corrected chi connectivity index (χ2v) is 7.20. The first-order valence-corrected chi connectivity index (χ1v) is 8.46. The number of piperidine rings is 1. The molecule has 1 N–H and O–H groups in total. The predicted molar refractivity (Wildman–Crippen MR) is 83.3 cm³/mol.